The van der Waals surface area contributed by atoms with Crippen LogP contribution in [0.1, 0.15) is 27.0 Å². The van der Waals surface area contributed by atoms with Crippen molar-refractivity contribution >= 4 is 58.7 Å². The first-order valence-corrected chi connectivity index (χ1v) is 12.1. The summed E-state index contributed by atoms with van der Waals surface area (Å²) < 4.78 is 3.13. The normalized spacial score (nSPS) is 10.5. The molecular formula is C26H27Cl3N8O. The van der Waals surface area contributed by atoms with E-state index in [1.165, 1.54) is 16.3 Å². The Kier molecular flexibility index (Phi) is 9.35. The molecule has 9 nitrogen and oxygen atoms in total. The minimum atomic E-state index is -0.350. The topological polar surface area (TPSA) is 129 Å². The van der Waals surface area contributed by atoms with Gasteiger partial charge >= 0.3 is 0 Å². The molecule has 0 atom stereocenters. The Morgan fingerprint density at radius 2 is 1.74 bits per heavy atom. The number of benzene rings is 2. The Morgan fingerprint density at radius 1 is 1.05 bits per heavy atom. The van der Waals surface area contributed by atoms with Crippen LogP contribution in [-0.2, 0) is 13.6 Å². The number of aromatic nitrogens is 5. The maximum absolute atomic E-state index is 12.8. The number of halogens is 3. The van der Waals surface area contributed by atoms with E-state index in [9.17, 15) is 4.79 Å². The van der Waals surface area contributed by atoms with E-state index in [2.05, 4.69) is 20.5 Å². The number of hydrogen-bond donors (Lipinski definition) is 3. The molecule has 0 fully saturated rings. The maximum atomic E-state index is 12.8. The molecule has 3 aromatic heterocycles. The summed E-state index contributed by atoms with van der Waals surface area (Å²) in [7, 11) is 1.79. The third kappa shape index (κ3) is 6.43. The number of nitrogens with two attached hydrogens (primary N) is 2. The van der Waals surface area contributed by atoms with Gasteiger partial charge in [-0.25, -0.2) is 9.50 Å². The van der Waals surface area contributed by atoms with Crippen LogP contribution in [-0.4, -0.2) is 30.3 Å². The van der Waals surface area contributed by atoms with Crippen LogP contribution in [0, 0.1) is 13.8 Å². The van der Waals surface area contributed by atoms with Gasteiger partial charge in [-0.3, -0.25) is 9.48 Å². The molecule has 0 saturated heterocycles. The molecule has 5 aromatic rings. The summed E-state index contributed by atoms with van der Waals surface area (Å²) in [5.74, 6) is -0.0364. The maximum Gasteiger partial charge on any atom is 0.261 e. The number of fused-ring (bicyclic) bond motifs is 1. The summed E-state index contributed by atoms with van der Waals surface area (Å²) >= 11 is 11.9. The molecule has 0 aliphatic heterocycles. The molecule has 0 radical (unpaired) electrons. The minimum absolute atomic E-state index is 0. The van der Waals surface area contributed by atoms with Crippen molar-refractivity contribution in [1.29, 1.82) is 0 Å². The molecule has 1 amide bonds. The van der Waals surface area contributed by atoms with Gasteiger partial charge in [0.05, 0.1) is 11.9 Å². The first-order valence-electron chi connectivity index (χ1n) is 11.3. The van der Waals surface area contributed by atoms with Crippen molar-refractivity contribution in [2.24, 2.45) is 12.8 Å². The molecule has 5 rings (SSSR count). The van der Waals surface area contributed by atoms with E-state index in [1.807, 2.05) is 50.2 Å². The van der Waals surface area contributed by atoms with Crippen LogP contribution in [0.4, 0.5) is 11.5 Å². The van der Waals surface area contributed by atoms with Crippen molar-refractivity contribution in [3.8, 4) is 11.3 Å². The van der Waals surface area contributed by atoms with Crippen LogP contribution in [0.25, 0.3) is 16.9 Å². The lowest BCUT2D eigenvalue weighted by atomic mass is 10.1. The smallest absolute Gasteiger partial charge is 0.261 e. The molecule has 0 aliphatic carbocycles. The Morgan fingerprint density at radius 3 is 2.42 bits per heavy atom. The zero-order valence-electron chi connectivity index (χ0n) is 20.9. The van der Waals surface area contributed by atoms with Crippen molar-refractivity contribution in [2.75, 3.05) is 11.1 Å². The van der Waals surface area contributed by atoms with Gasteiger partial charge in [0.15, 0.2) is 5.65 Å². The van der Waals surface area contributed by atoms with Gasteiger partial charge in [-0.05, 0) is 60.9 Å². The number of nitrogen functional groups attached to an aromatic ring is 1. The molecule has 3 heterocycles. The number of aryl methyl sites for hydroxylation is 3. The number of carbonyl (C=O) groups excluding carboxylic acids is 1. The number of nitrogens with one attached hydrogen (secondary N) is 1. The van der Waals surface area contributed by atoms with Gasteiger partial charge in [-0.1, -0.05) is 35.3 Å². The Labute approximate surface area is 236 Å². The zero-order chi connectivity index (χ0) is 26.7. The Balaban J connectivity index is 0.000000308. The van der Waals surface area contributed by atoms with Crippen LogP contribution < -0.4 is 16.8 Å². The van der Waals surface area contributed by atoms with E-state index in [0.29, 0.717) is 40.0 Å². The van der Waals surface area contributed by atoms with Gasteiger partial charge < -0.3 is 16.8 Å². The van der Waals surface area contributed by atoms with Gasteiger partial charge in [0.2, 0.25) is 0 Å². The Hall–Kier alpha value is -3.63. The summed E-state index contributed by atoms with van der Waals surface area (Å²) in [5.41, 5.74) is 17.3. The highest BCUT2D eigenvalue weighted by Gasteiger charge is 2.19. The summed E-state index contributed by atoms with van der Waals surface area (Å²) in [6.07, 6.45) is 4.85. The van der Waals surface area contributed by atoms with Crippen molar-refractivity contribution in [2.45, 2.75) is 20.4 Å². The van der Waals surface area contributed by atoms with Gasteiger partial charge in [-0.2, -0.15) is 10.2 Å². The van der Waals surface area contributed by atoms with Crippen LogP contribution in [0.3, 0.4) is 0 Å². The molecule has 0 unspecified atom stereocenters. The van der Waals surface area contributed by atoms with Crippen LogP contribution in [0.15, 0.2) is 61.1 Å². The summed E-state index contributed by atoms with van der Waals surface area (Å²) in [4.78, 5) is 17.0. The van der Waals surface area contributed by atoms with E-state index >= 15 is 0 Å². The fourth-order valence-corrected chi connectivity index (χ4v) is 4.09. The molecule has 5 N–H and O–H groups in total. The molecule has 38 heavy (non-hydrogen) atoms. The zero-order valence-corrected chi connectivity index (χ0v) is 23.3. The summed E-state index contributed by atoms with van der Waals surface area (Å²) in [5, 5.41) is 12.9. The standard InChI is InChI=1S/C18H16ClN7O.C8H10ClN.ClH/c1-10-3-4-11(19)7-12(10)16-14(9-25(2)24-16)22-18(27)13-8-21-26-6-5-15(20)23-17(13)26;1-6-2-3-8(9)4-7(6)5-10;/h3-9H,1-2H3,(H2,20,23)(H,22,27);2-4H,5,10H2,1H3;1H. The number of nitrogens with zero attached hydrogens (tertiary/aromatic N) is 5. The average molecular weight is 574 g/mol. The minimum Gasteiger partial charge on any atom is -0.384 e. The predicted molar refractivity (Wildman–Crippen MR) is 155 cm³/mol. The Bertz CT molecular complexity index is 1600. The fourth-order valence-electron chi connectivity index (χ4n) is 3.72. The second kappa shape index (κ2) is 12.3. The van der Waals surface area contributed by atoms with Gasteiger partial charge in [0.25, 0.3) is 5.91 Å². The first kappa shape index (κ1) is 28.9. The monoisotopic (exact) mass is 572 g/mol. The second-order valence-corrected chi connectivity index (χ2v) is 9.31. The molecule has 0 bridgehead atoms. The third-order valence-corrected chi connectivity index (χ3v) is 6.17. The first-order chi connectivity index (χ1) is 17.7. The van der Waals surface area contributed by atoms with E-state index in [1.54, 1.807) is 30.2 Å². The summed E-state index contributed by atoms with van der Waals surface area (Å²) in [6, 6.07) is 12.9. The van der Waals surface area contributed by atoms with Gasteiger partial charge in [-0.15, -0.1) is 12.4 Å². The van der Waals surface area contributed by atoms with E-state index in [-0.39, 0.29) is 18.3 Å². The number of carbonyl (C=O) groups is 1. The number of amides is 1. The number of anilines is 2. The highest BCUT2D eigenvalue weighted by Crippen LogP contribution is 2.31. The van der Waals surface area contributed by atoms with Crippen molar-refractivity contribution < 1.29 is 4.79 Å². The highest BCUT2D eigenvalue weighted by atomic mass is 35.5. The van der Waals surface area contributed by atoms with E-state index in [0.717, 1.165) is 21.7 Å². The molecule has 0 spiro atoms. The summed E-state index contributed by atoms with van der Waals surface area (Å²) in [6.45, 7) is 4.55. The lowest BCUT2D eigenvalue weighted by Crippen LogP contribution is -2.12. The van der Waals surface area contributed by atoms with Crippen LogP contribution in [0.2, 0.25) is 10.0 Å². The molecule has 12 heteroatoms. The molecule has 0 aliphatic rings. The SMILES string of the molecule is Cc1ccc(Cl)cc1-c1nn(C)cc1NC(=O)c1cnn2ccc(N)nc12.Cc1ccc(Cl)cc1CN.Cl. The van der Waals surface area contributed by atoms with Crippen molar-refractivity contribution in [3.05, 3.63) is 93.4 Å². The quantitative estimate of drug-likeness (QED) is 0.262. The van der Waals surface area contributed by atoms with Crippen LogP contribution >= 0.6 is 35.6 Å². The van der Waals surface area contributed by atoms with E-state index < -0.39 is 0 Å². The van der Waals surface area contributed by atoms with Gasteiger partial charge in [0.1, 0.15) is 17.1 Å². The highest BCUT2D eigenvalue weighted by molar-refractivity contribution is 6.31. The van der Waals surface area contributed by atoms with Crippen LogP contribution in [0.5, 0.6) is 0 Å². The molecular weight excluding hydrogens is 547 g/mol. The van der Waals surface area contributed by atoms with E-state index in [4.69, 9.17) is 34.7 Å². The molecule has 0 saturated carbocycles. The molecule has 198 valence electrons. The lowest BCUT2D eigenvalue weighted by molar-refractivity contribution is 0.102. The lowest BCUT2D eigenvalue weighted by Gasteiger charge is -2.07. The fraction of sp³-hybridized carbons (Fsp3) is 0.154. The van der Waals surface area contributed by atoms with Gasteiger partial charge in [0, 0.05) is 41.6 Å². The average Bonchev–Trinajstić information content (AvgIpc) is 3.45. The predicted octanol–water partition coefficient (Wildman–Crippen LogP) is 5.46. The third-order valence-electron chi connectivity index (χ3n) is 5.70. The van der Waals surface area contributed by atoms with Crippen molar-refractivity contribution in [1.82, 2.24) is 24.4 Å². The largest absolute Gasteiger partial charge is 0.384 e. The second-order valence-electron chi connectivity index (χ2n) is 8.43. The number of rotatable bonds is 4. The number of hydrogen-bond acceptors (Lipinski definition) is 6. The molecule has 2 aromatic carbocycles. The van der Waals surface area contributed by atoms with Crippen molar-refractivity contribution in [3.63, 3.8) is 0 Å².